The molecule has 1 aromatic carbocycles. The van der Waals surface area contributed by atoms with Crippen LogP contribution in [0.25, 0.3) is 0 Å². The second kappa shape index (κ2) is 10.5. The van der Waals surface area contributed by atoms with Gasteiger partial charge in [-0.25, -0.2) is 5.48 Å². The third-order valence-corrected chi connectivity index (χ3v) is 4.57. The molecule has 0 aromatic heterocycles. The Morgan fingerprint density at radius 2 is 2.07 bits per heavy atom. The molecule has 8 nitrogen and oxygen atoms in total. The highest BCUT2D eigenvalue weighted by atomic mass is 16.5. The van der Waals surface area contributed by atoms with Crippen molar-refractivity contribution in [1.29, 1.82) is 0 Å². The van der Waals surface area contributed by atoms with Gasteiger partial charge in [-0.1, -0.05) is 12.1 Å². The standard InChI is InChI=1S/C20H27N5O3/c26-20(24-27)8-5-17-13-23-19(14-22-17)21-9-12-28-18-6-3-16(4-7-18)15-25-10-1-2-11-25/h3-8,13,22,27H,1-2,9-12,14-15H2,(H,21,23)(H,24,26)/b8-5+. The number of amides is 1. The van der Waals surface area contributed by atoms with Crippen LogP contribution in [0.3, 0.4) is 0 Å². The first kappa shape index (κ1) is 19.9. The van der Waals surface area contributed by atoms with Gasteiger partial charge in [-0.05, 0) is 49.7 Å². The number of nitrogens with one attached hydrogen (secondary N) is 3. The Balaban J connectivity index is 1.36. The minimum Gasteiger partial charge on any atom is -0.492 e. The number of ether oxygens (including phenoxy) is 1. The summed E-state index contributed by atoms with van der Waals surface area (Å²) in [6, 6.07) is 8.29. The van der Waals surface area contributed by atoms with E-state index in [4.69, 9.17) is 9.94 Å². The first-order valence-corrected chi connectivity index (χ1v) is 9.53. The number of carbonyl (C=O) groups excluding carboxylic acids is 1. The molecular formula is C20H27N5O3. The molecule has 0 bridgehead atoms. The van der Waals surface area contributed by atoms with Crippen molar-refractivity contribution in [2.45, 2.75) is 19.4 Å². The van der Waals surface area contributed by atoms with Crippen LogP contribution in [0.15, 0.2) is 53.3 Å². The Hall–Kier alpha value is -2.84. The molecule has 3 rings (SSSR count). The Labute approximate surface area is 164 Å². The summed E-state index contributed by atoms with van der Waals surface area (Å²) in [5.41, 5.74) is 3.59. The van der Waals surface area contributed by atoms with E-state index in [1.54, 1.807) is 12.3 Å². The summed E-state index contributed by atoms with van der Waals surface area (Å²) in [4.78, 5) is 17.9. The predicted molar refractivity (Wildman–Crippen MR) is 107 cm³/mol. The highest BCUT2D eigenvalue weighted by Gasteiger charge is 2.11. The fourth-order valence-corrected chi connectivity index (χ4v) is 3.09. The van der Waals surface area contributed by atoms with Gasteiger partial charge < -0.3 is 15.4 Å². The van der Waals surface area contributed by atoms with Crippen LogP contribution in [0.4, 0.5) is 0 Å². The number of amidine groups is 1. The van der Waals surface area contributed by atoms with E-state index in [-0.39, 0.29) is 0 Å². The molecule has 1 saturated heterocycles. The molecule has 1 aromatic rings. The van der Waals surface area contributed by atoms with Crippen LogP contribution in [0.5, 0.6) is 5.75 Å². The first-order chi connectivity index (χ1) is 13.7. The number of aliphatic imine (C=N–C) groups is 1. The molecule has 2 aliphatic rings. The van der Waals surface area contributed by atoms with Crippen molar-refractivity contribution in [3.8, 4) is 5.75 Å². The lowest BCUT2D eigenvalue weighted by Gasteiger charge is -2.16. The monoisotopic (exact) mass is 385 g/mol. The van der Waals surface area contributed by atoms with Crippen LogP contribution < -0.4 is 20.9 Å². The molecule has 4 N–H and O–H groups in total. The molecule has 1 fully saturated rings. The van der Waals surface area contributed by atoms with Crippen molar-refractivity contribution in [2.75, 3.05) is 32.8 Å². The lowest BCUT2D eigenvalue weighted by Crippen LogP contribution is -2.36. The number of hydroxylamine groups is 1. The first-order valence-electron chi connectivity index (χ1n) is 9.53. The molecule has 0 atom stereocenters. The van der Waals surface area contributed by atoms with Crippen molar-refractivity contribution >= 4 is 11.7 Å². The maximum Gasteiger partial charge on any atom is 0.267 e. The van der Waals surface area contributed by atoms with E-state index in [1.165, 1.54) is 43.1 Å². The number of allylic oxidation sites excluding steroid dienone is 1. The van der Waals surface area contributed by atoms with Gasteiger partial charge in [0.25, 0.3) is 5.91 Å². The zero-order valence-corrected chi connectivity index (χ0v) is 15.9. The topological polar surface area (TPSA) is 98.2 Å². The van der Waals surface area contributed by atoms with Crippen LogP contribution in [0, 0.1) is 0 Å². The number of likely N-dealkylation sites (tertiary alicyclic amines) is 1. The van der Waals surface area contributed by atoms with E-state index in [2.05, 4.69) is 32.7 Å². The van der Waals surface area contributed by atoms with E-state index in [1.807, 2.05) is 12.1 Å². The molecule has 0 radical (unpaired) electrons. The number of nitrogens with zero attached hydrogens (tertiary/aromatic N) is 2. The van der Waals surface area contributed by atoms with Gasteiger partial charge in [0, 0.05) is 18.8 Å². The number of hydrogen-bond donors (Lipinski definition) is 4. The zero-order chi connectivity index (χ0) is 19.6. The molecule has 28 heavy (non-hydrogen) atoms. The van der Waals surface area contributed by atoms with E-state index >= 15 is 0 Å². The summed E-state index contributed by atoms with van der Waals surface area (Å²) in [6.07, 6.45) is 7.12. The Morgan fingerprint density at radius 3 is 2.75 bits per heavy atom. The third-order valence-electron chi connectivity index (χ3n) is 4.57. The smallest absolute Gasteiger partial charge is 0.267 e. The fourth-order valence-electron chi connectivity index (χ4n) is 3.09. The second-order valence-corrected chi connectivity index (χ2v) is 6.71. The van der Waals surface area contributed by atoms with Crippen LogP contribution in [0.2, 0.25) is 0 Å². The lowest BCUT2D eigenvalue weighted by molar-refractivity contribution is -0.124. The third kappa shape index (κ3) is 6.40. The van der Waals surface area contributed by atoms with Gasteiger partial charge in [-0.2, -0.15) is 0 Å². The van der Waals surface area contributed by atoms with Crippen LogP contribution in [-0.4, -0.2) is 54.6 Å². The molecule has 150 valence electrons. The molecule has 2 heterocycles. The molecular weight excluding hydrogens is 358 g/mol. The highest BCUT2D eigenvalue weighted by molar-refractivity contribution is 5.88. The van der Waals surface area contributed by atoms with Crippen molar-refractivity contribution in [3.63, 3.8) is 0 Å². The largest absolute Gasteiger partial charge is 0.492 e. The van der Waals surface area contributed by atoms with Gasteiger partial charge in [0.2, 0.25) is 0 Å². The molecule has 2 aliphatic heterocycles. The van der Waals surface area contributed by atoms with Crippen molar-refractivity contribution in [3.05, 3.63) is 53.9 Å². The molecule has 0 aliphatic carbocycles. The normalized spacial score (nSPS) is 18.6. The minimum absolute atomic E-state index is 0.504. The quantitative estimate of drug-likeness (QED) is 0.232. The van der Waals surface area contributed by atoms with E-state index in [9.17, 15) is 4.79 Å². The summed E-state index contributed by atoms with van der Waals surface area (Å²) in [6.45, 7) is 5.00. The maximum atomic E-state index is 10.9. The number of rotatable bonds is 8. The van der Waals surface area contributed by atoms with Gasteiger partial charge in [0.15, 0.2) is 0 Å². The van der Waals surface area contributed by atoms with Crippen molar-refractivity contribution < 1.29 is 14.7 Å². The molecule has 1 amide bonds. The van der Waals surface area contributed by atoms with Crippen LogP contribution >= 0.6 is 0 Å². The number of benzene rings is 1. The van der Waals surface area contributed by atoms with Gasteiger partial charge >= 0.3 is 0 Å². The van der Waals surface area contributed by atoms with Crippen molar-refractivity contribution in [2.24, 2.45) is 4.99 Å². The average Bonchev–Trinajstić information content (AvgIpc) is 3.24. The van der Waals surface area contributed by atoms with Crippen LogP contribution in [0.1, 0.15) is 18.4 Å². The average molecular weight is 385 g/mol. The Kier molecular flexibility index (Phi) is 7.45. The van der Waals surface area contributed by atoms with Gasteiger partial charge in [-0.15, -0.1) is 0 Å². The van der Waals surface area contributed by atoms with E-state index < -0.39 is 5.91 Å². The zero-order valence-electron chi connectivity index (χ0n) is 15.9. The molecule has 0 spiro atoms. The molecule has 0 unspecified atom stereocenters. The molecule has 8 heteroatoms. The Morgan fingerprint density at radius 1 is 1.29 bits per heavy atom. The summed E-state index contributed by atoms with van der Waals surface area (Å²) in [5.74, 6) is 1.08. The summed E-state index contributed by atoms with van der Waals surface area (Å²) < 4.78 is 5.76. The molecule has 0 saturated carbocycles. The number of carbonyl (C=O) groups is 1. The maximum absolute atomic E-state index is 10.9. The van der Waals surface area contributed by atoms with E-state index in [0.29, 0.717) is 19.7 Å². The highest BCUT2D eigenvalue weighted by Crippen LogP contribution is 2.16. The summed E-state index contributed by atoms with van der Waals surface area (Å²) in [7, 11) is 0. The summed E-state index contributed by atoms with van der Waals surface area (Å²) >= 11 is 0. The summed E-state index contributed by atoms with van der Waals surface area (Å²) in [5, 5.41) is 14.6. The minimum atomic E-state index is -0.580. The lowest BCUT2D eigenvalue weighted by atomic mass is 10.2. The Bertz CT molecular complexity index is 737. The second-order valence-electron chi connectivity index (χ2n) is 6.71. The number of hydrogen-bond acceptors (Lipinski definition) is 6. The van der Waals surface area contributed by atoms with Crippen molar-refractivity contribution in [1.82, 2.24) is 21.0 Å². The predicted octanol–water partition coefficient (Wildman–Crippen LogP) is 1.16. The SMILES string of the molecule is O=C(/C=C/C1=CNC(=NCCOc2ccc(CN3CCCC3)cc2)CN1)NO. The van der Waals surface area contributed by atoms with Crippen LogP contribution in [-0.2, 0) is 11.3 Å². The van der Waals surface area contributed by atoms with Gasteiger partial charge in [-0.3, -0.25) is 19.9 Å². The van der Waals surface area contributed by atoms with E-state index in [0.717, 1.165) is 23.8 Å². The van der Waals surface area contributed by atoms with Gasteiger partial charge in [0.05, 0.1) is 18.8 Å². The fraction of sp³-hybridized carbons (Fsp3) is 0.400. The van der Waals surface area contributed by atoms with Gasteiger partial charge in [0.1, 0.15) is 18.2 Å².